The van der Waals surface area contributed by atoms with E-state index in [0.29, 0.717) is 18.9 Å². The second kappa shape index (κ2) is 6.10. The molecule has 0 aliphatic carbocycles. The number of anilines is 1. The Kier molecular flexibility index (Phi) is 4.02. The highest BCUT2D eigenvalue weighted by atomic mass is 16.2. The van der Waals surface area contributed by atoms with Crippen molar-refractivity contribution in [1.29, 1.82) is 0 Å². The summed E-state index contributed by atoms with van der Waals surface area (Å²) in [4.78, 5) is 14.5. The second-order valence-electron chi connectivity index (χ2n) is 5.50. The van der Waals surface area contributed by atoms with Gasteiger partial charge in [0.05, 0.1) is 6.42 Å². The van der Waals surface area contributed by atoms with Crippen molar-refractivity contribution in [2.45, 2.75) is 18.8 Å². The van der Waals surface area contributed by atoms with Gasteiger partial charge in [0.2, 0.25) is 5.91 Å². The summed E-state index contributed by atoms with van der Waals surface area (Å²) in [7, 11) is 0. The summed E-state index contributed by atoms with van der Waals surface area (Å²) in [5.41, 5.74) is 9.07. The lowest BCUT2D eigenvalue weighted by atomic mass is 9.98. The number of benzene rings is 2. The van der Waals surface area contributed by atoms with Gasteiger partial charge in [-0.15, -0.1) is 0 Å². The van der Waals surface area contributed by atoms with Gasteiger partial charge in [0.25, 0.3) is 0 Å². The van der Waals surface area contributed by atoms with Crippen LogP contribution >= 0.6 is 0 Å². The SMILES string of the molecule is NCCC1CN(C(=O)Cc2ccccc2)c2ccccc21. The van der Waals surface area contributed by atoms with Crippen molar-refractivity contribution in [3.05, 3.63) is 65.7 Å². The molecule has 3 nitrogen and oxygen atoms in total. The molecule has 3 rings (SSSR count). The number of para-hydroxylation sites is 1. The third-order valence-electron chi connectivity index (χ3n) is 4.08. The van der Waals surface area contributed by atoms with Crippen LogP contribution in [0.15, 0.2) is 54.6 Å². The van der Waals surface area contributed by atoms with E-state index in [2.05, 4.69) is 6.07 Å². The van der Waals surface area contributed by atoms with Gasteiger partial charge in [-0.1, -0.05) is 48.5 Å². The lowest BCUT2D eigenvalue weighted by molar-refractivity contribution is -0.117. The maximum absolute atomic E-state index is 12.6. The zero-order valence-corrected chi connectivity index (χ0v) is 12.0. The first-order chi connectivity index (χ1) is 10.3. The number of nitrogens with two attached hydrogens (primary N) is 1. The van der Waals surface area contributed by atoms with Crippen LogP contribution in [0.3, 0.4) is 0 Å². The van der Waals surface area contributed by atoms with Crippen LogP contribution < -0.4 is 10.6 Å². The fourth-order valence-electron chi connectivity index (χ4n) is 3.05. The molecule has 1 amide bonds. The molecule has 0 saturated heterocycles. The first-order valence-electron chi connectivity index (χ1n) is 7.43. The summed E-state index contributed by atoms with van der Waals surface area (Å²) in [5.74, 6) is 0.527. The minimum atomic E-state index is 0.160. The minimum absolute atomic E-state index is 0.160. The first-order valence-corrected chi connectivity index (χ1v) is 7.43. The molecule has 2 aromatic carbocycles. The van der Waals surface area contributed by atoms with Crippen LogP contribution in [0.4, 0.5) is 5.69 Å². The van der Waals surface area contributed by atoms with E-state index >= 15 is 0 Å². The van der Waals surface area contributed by atoms with Crippen molar-refractivity contribution in [2.24, 2.45) is 5.73 Å². The third kappa shape index (κ3) is 2.83. The van der Waals surface area contributed by atoms with Crippen LogP contribution in [0.25, 0.3) is 0 Å². The van der Waals surface area contributed by atoms with E-state index in [1.165, 1.54) is 5.56 Å². The molecule has 0 aromatic heterocycles. The Morgan fingerprint density at radius 3 is 2.57 bits per heavy atom. The number of carbonyl (C=O) groups excluding carboxylic acids is 1. The van der Waals surface area contributed by atoms with Gasteiger partial charge in [0.15, 0.2) is 0 Å². The van der Waals surface area contributed by atoms with Gasteiger partial charge >= 0.3 is 0 Å². The second-order valence-corrected chi connectivity index (χ2v) is 5.50. The monoisotopic (exact) mass is 280 g/mol. The van der Waals surface area contributed by atoms with Gasteiger partial charge in [0, 0.05) is 18.2 Å². The summed E-state index contributed by atoms with van der Waals surface area (Å²) in [6.45, 7) is 1.40. The topological polar surface area (TPSA) is 46.3 Å². The Labute approximate surface area is 125 Å². The Morgan fingerprint density at radius 1 is 1.10 bits per heavy atom. The van der Waals surface area contributed by atoms with Gasteiger partial charge < -0.3 is 10.6 Å². The molecule has 3 heteroatoms. The van der Waals surface area contributed by atoms with Crippen LogP contribution in [-0.2, 0) is 11.2 Å². The molecule has 0 bridgehead atoms. The van der Waals surface area contributed by atoms with Crippen LogP contribution in [0, 0.1) is 0 Å². The van der Waals surface area contributed by atoms with Crippen LogP contribution in [-0.4, -0.2) is 19.0 Å². The molecule has 1 aliphatic rings. The Hall–Kier alpha value is -2.13. The molecular weight excluding hydrogens is 260 g/mol. The zero-order valence-electron chi connectivity index (χ0n) is 12.0. The first kappa shape index (κ1) is 13.8. The molecule has 0 spiro atoms. The van der Waals surface area contributed by atoms with Crippen LogP contribution in [0.2, 0.25) is 0 Å². The zero-order chi connectivity index (χ0) is 14.7. The van der Waals surface area contributed by atoms with Gasteiger partial charge in [-0.25, -0.2) is 0 Å². The fraction of sp³-hybridized carbons (Fsp3) is 0.278. The normalized spacial score (nSPS) is 16.8. The summed E-state index contributed by atoms with van der Waals surface area (Å²) >= 11 is 0. The van der Waals surface area contributed by atoms with E-state index in [-0.39, 0.29) is 5.91 Å². The van der Waals surface area contributed by atoms with Crippen molar-refractivity contribution in [3.63, 3.8) is 0 Å². The van der Waals surface area contributed by atoms with E-state index in [4.69, 9.17) is 5.73 Å². The lowest BCUT2D eigenvalue weighted by Crippen LogP contribution is -2.31. The lowest BCUT2D eigenvalue weighted by Gasteiger charge is -2.18. The number of carbonyl (C=O) groups is 1. The maximum Gasteiger partial charge on any atom is 0.231 e. The highest BCUT2D eigenvalue weighted by Gasteiger charge is 2.31. The van der Waals surface area contributed by atoms with E-state index in [1.807, 2.05) is 53.4 Å². The fourth-order valence-corrected chi connectivity index (χ4v) is 3.05. The average Bonchev–Trinajstić information content (AvgIpc) is 2.88. The number of rotatable bonds is 4. The van der Waals surface area contributed by atoms with Crippen molar-refractivity contribution < 1.29 is 4.79 Å². The number of fused-ring (bicyclic) bond motifs is 1. The van der Waals surface area contributed by atoms with E-state index in [0.717, 1.165) is 24.2 Å². The quantitative estimate of drug-likeness (QED) is 0.936. The predicted octanol–water partition coefficient (Wildman–Crippen LogP) is 2.71. The molecule has 1 unspecified atom stereocenters. The molecule has 21 heavy (non-hydrogen) atoms. The minimum Gasteiger partial charge on any atom is -0.330 e. The van der Waals surface area contributed by atoms with Gasteiger partial charge in [-0.2, -0.15) is 0 Å². The largest absolute Gasteiger partial charge is 0.330 e. The molecule has 108 valence electrons. The van der Waals surface area contributed by atoms with Gasteiger partial charge in [-0.3, -0.25) is 4.79 Å². The predicted molar refractivity (Wildman–Crippen MR) is 85.4 cm³/mol. The molecule has 0 fully saturated rings. The van der Waals surface area contributed by atoms with Crippen molar-refractivity contribution in [2.75, 3.05) is 18.0 Å². The highest BCUT2D eigenvalue weighted by Crippen LogP contribution is 2.37. The Morgan fingerprint density at radius 2 is 1.81 bits per heavy atom. The molecule has 2 aromatic rings. The number of amides is 1. The van der Waals surface area contributed by atoms with Crippen molar-refractivity contribution >= 4 is 11.6 Å². The van der Waals surface area contributed by atoms with Crippen molar-refractivity contribution in [1.82, 2.24) is 0 Å². The van der Waals surface area contributed by atoms with Crippen LogP contribution in [0.5, 0.6) is 0 Å². The smallest absolute Gasteiger partial charge is 0.231 e. The third-order valence-corrected chi connectivity index (χ3v) is 4.08. The maximum atomic E-state index is 12.6. The average molecular weight is 280 g/mol. The van der Waals surface area contributed by atoms with E-state index in [1.54, 1.807) is 0 Å². The molecule has 2 N–H and O–H groups in total. The van der Waals surface area contributed by atoms with Gasteiger partial charge in [0.1, 0.15) is 0 Å². The molecular formula is C18H20N2O. The Balaban J connectivity index is 1.81. The number of hydrogen-bond acceptors (Lipinski definition) is 2. The van der Waals surface area contributed by atoms with Crippen molar-refractivity contribution in [3.8, 4) is 0 Å². The molecule has 1 atom stereocenters. The Bertz CT molecular complexity index is 624. The molecule has 1 heterocycles. The summed E-state index contributed by atoms with van der Waals surface area (Å²) in [5, 5.41) is 0. The molecule has 0 radical (unpaired) electrons. The van der Waals surface area contributed by atoms with E-state index < -0.39 is 0 Å². The molecule has 1 aliphatic heterocycles. The highest BCUT2D eigenvalue weighted by molar-refractivity contribution is 5.97. The summed E-state index contributed by atoms with van der Waals surface area (Å²) in [6.07, 6.45) is 1.37. The summed E-state index contributed by atoms with van der Waals surface area (Å²) in [6, 6.07) is 18.1. The standard InChI is InChI=1S/C18H20N2O/c19-11-10-15-13-20(17-9-5-4-8-16(15)17)18(21)12-14-6-2-1-3-7-14/h1-9,15H,10-13,19H2. The van der Waals surface area contributed by atoms with Gasteiger partial charge in [-0.05, 0) is 30.2 Å². The summed E-state index contributed by atoms with van der Waals surface area (Å²) < 4.78 is 0. The number of nitrogens with zero attached hydrogens (tertiary/aromatic N) is 1. The number of hydrogen-bond donors (Lipinski definition) is 1. The van der Waals surface area contributed by atoms with Crippen LogP contribution in [0.1, 0.15) is 23.5 Å². The molecule has 0 saturated carbocycles. The van der Waals surface area contributed by atoms with E-state index in [9.17, 15) is 4.79 Å².